The van der Waals surface area contributed by atoms with E-state index in [4.69, 9.17) is 10.5 Å². The molecular weight excluding hydrogens is 270 g/mol. The van der Waals surface area contributed by atoms with Crippen molar-refractivity contribution in [3.8, 4) is 17.0 Å². The Hall–Kier alpha value is -1.85. The number of rotatable bonds is 4. The highest BCUT2D eigenvalue weighted by atomic mass is 32.1. The summed E-state index contributed by atoms with van der Waals surface area (Å²) in [4.78, 5) is 5.34. The van der Waals surface area contributed by atoms with Crippen molar-refractivity contribution in [2.45, 2.75) is 26.5 Å². The molecule has 0 bridgehead atoms. The predicted octanol–water partition coefficient (Wildman–Crippen LogP) is 3.31. The summed E-state index contributed by atoms with van der Waals surface area (Å²) in [5, 5.41) is 2.11. The first-order chi connectivity index (χ1) is 9.69. The smallest absolute Gasteiger partial charge is 0.194 e. The lowest BCUT2D eigenvalue weighted by Gasteiger charge is -2.10. The van der Waals surface area contributed by atoms with Crippen LogP contribution in [0.25, 0.3) is 16.2 Å². The van der Waals surface area contributed by atoms with E-state index in [1.54, 1.807) is 11.3 Å². The second-order valence-corrected chi connectivity index (χ2v) is 5.72. The van der Waals surface area contributed by atoms with E-state index in [2.05, 4.69) is 26.9 Å². The van der Waals surface area contributed by atoms with Crippen LogP contribution in [-0.2, 0) is 6.54 Å². The summed E-state index contributed by atoms with van der Waals surface area (Å²) in [6.45, 7) is 4.53. The number of aromatic nitrogens is 2. The molecule has 0 aliphatic heterocycles. The van der Waals surface area contributed by atoms with Crippen LogP contribution in [-0.4, -0.2) is 15.5 Å². The fourth-order valence-corrected chi connectivity index (χ4v) is 3.08. The van der Waals surface area contributed by atoms with Crippen molar-refractivity contribution in [2.75, 3.05) is 0 Å². The Balaban J connectivity index is 2.00. The maximum atomic E-state index is 5.77. The minimum Gasteiger partial charge on any atom is -0.491 e. The molecule has 2 N–H and O–H groups in total. The van der Waals surface area contributed by atoms with Crippen LogP contribution in [0.4, 0.5) is 0 Å². The zero-order chi connectivity index (χ0) is 14.1. The minimum atomic E-state index is 0.186. The molecule has 0 radical (unpaired) electrons. The van der Waals surface area contributed by atoms with Crippen molar-refractivity contribution in [3.63, 3.8) is 0 Å². The van der Waals surface area contributed by atoms with Gasteiger partial charge in [0.05, 0.1) is 23.7 Å². The Morgan fingerprint density at radius 3 is 2.70 bits per heavy atom. The molecule has 3 rings (SSSR count). The Morgan fingerprint density at radius 1 is 1.30 bits per heavy atom. The van der Waals surface area contributed by atoms with Crippen LogP contribution >= 0.6 is 11.3 Å². The van der Waals surface area contributed by atoms with Crippen molar-refractivity contribution in [3.05, 3.63) is 41.5 Å². The molecular formula is C15H17N3OS. The van der Waals surface area contributed by atoms with Crippen LogP contribution < -0.4 is 10.5 Å². The summed E-state index contributed by atoms with van der Waals surface area (Å²) in [6, 6.07) is 8.13. The van der Waals surface area contributed by atoms with E-state index >= 15 is 0 Å². The van der Waals surface area contributed by atoms with Gasteiger partial charge in [-0.05, 0) is 43.7 Å². The number of hydrogen-bond donors (Lipinski definition) is 1. The number of ether oxygens (including phenoxy) is 1. The predicted molar refractivity (Wildman–Crippen MR) is 82.2 cm³/mol. The van der Waals surface area contributed by atoms with Gasteiger partial charge in [0.25, 0.3) is 0 Å². The van der Waals surface area contributed by atoms with E-state index < -0.39 is 0 Å². The highest BCUT2D eigenvalue weighted by Gasteiger charge is 2.11. The number of thiazole rings is 1. The van der Waals surface area contributed by atoms with Crippen LogP contribution in [0.5, 0.6) is 5.75 Å². The monoisotopic (exact) mass is 287 g/mol. The number of fused-ring (bicyclic) bond motifs is 1. The molecule has 0 fully saturated rings. The first-order valence-electron chi connectivity index (χ1n) is 6.60. The molecule has 20 heavy (non-hydrogen) atoms. The molecule has 104 valence electrons. The number of benzene rings is 1. The van der Waals surface area contributed by atoms with E-state index in [1.165, 1.54) is 0 Å². The Morgan fingerprint density at radius 2 is 2.05 bits per heavy atom. The van der Waals surface area contributed by atoms with Crippen molar-refractivity contribution in [2.24, 2.45) is 5.73 Å². The fraction of sp³-hybridized carbons (Fsp3) is 0.267. The first-order valence-corrected chi connectivity index (χ1v) is 7.48. The van der Waals surface area contributed by atoms with Crippen molar-refractivity contribution >= 4 is 16.3 Å². The molecule has 2 aromatic heterocycles. The van der Waals surface area contributed by atoms with Gasteiger partial charge >= 0.3 is 0 Å². The van der Waals surface area contributed by atoms with Crippen molar-refractivity contribution in [1.29, 1.82) is 0 Å². The van der Waals surface area contributed by atoms with Gasteiger partial charge in [-0.3, -0.25) is 4.40 Å². The average Bonchev–Trinajstić information content (AvgIpc) is 3.00. The van der Waals surface area contributed by atoms with Gasteiger partial charge < -0.3 is 10.5 Å². The van der Waals surface area contributed by atoms with E-state index in [0.717, 1.165) is 27.7 Å². The van der Waals surface area contributed by atoms with Crippen LogP contribution in [0.2, 0.25) is 0 Å². The van der Waals surface area contributed by atoms with Gasteiger partial charge in [-0.25, -0.2) is 4.98 Å². The summed E-state index contributed by atoms with van der Waals surface area (Å²) in [5.74, 6) is 0.889. The van der Waals surface area contributed by atoms with E-state index in [0.29, 0.717) is 6.54 Å². The molecule has 4 nitrogen and oxygen atoms in total. The molecule has 0 saturated carbocycles. The first kappa shape index (κ1) is 13.1. The molecule has 0 saturated heterocycles. The van der Waals surface area contributed by atoms with Gasteiger partial charge in [0.1, 0.15) is 5.75 Å². The zero-order valence-electron chi connectivity index (χ0n) is 11.5. The maximum absolute atomic E-state index is 5.77. The van der Waals surface area contributed by atoms with Gasteiger partial charge in [-0.2, -0.15) is 0 Å². The molecule has 2 heterocycles. The van der Waals surface area contributed by atoms with Gasteiger partial charge in [-0.15, -0.1) is 11.3 Å². The van der Waals surface area contributed by atoms with Crippen LogP contribution in [0, 0.1) is 0 Å². The summed E-state index contributed by atoms with van der Waals surface area (Å²) in [6.07, 6.45) is 2.03. The summed E-state index contributed by atoms with van der Waals surface area (Å²) < 4.78 is 7.78. The van der Waals surface area contributed by atoms with Gasteiger partial charge in [0.15, 0.2) is 4.96 Å². The molecule has 1 aromatic carbocycles. The Kier molecular flexibility index (Phi) is 3.46. The van der Waals surface area contributed by atoms with E-state index in [-0.39, 0.29) is 6.10 Å². The third-order valence-corrected chi connectivity index (χ3v) is 3.89. The lowest BCUT2D eigenvalue weighted by atomic mass is 10.1. The highest BCUT2D eigenvalue weighted by molar-refractivity contribution is 7.15. The highest BCUT2D eigenvalue weighted by Crippen LogP contribution is 2.28. The van der Waals surface area contributed by atoms with Crippen molar-refractivity contribution < 1.29 is 4.74 Å². The Labute approximate surface area is 121 Å². The lowest BCUT2D eigenvalue weighted by molar-refractivity contribution is 0.242. The summed E-state index contributed by atoms with van der Waals surface area (Å²) >= 11 is 1.62. The zero-order valence-corrected chi connectivity index (χ0v) is 12.4. The molecule has 0 unspecified atom stereocenters. The quantitative estimate of drug-likeness (QED) is 0.801. The molecule has 0 aliphatic rings. The largest absolute Gasteiger partial charge is 0.491 e. The average molecular weight is 287 g/mol. The number of nitrogens with two attached hydrogens (primary N) is 1. The van der Waals surface area contributed by atoms with Crippen LogP contribution in [0.1, 0.15) is 19.5 Å². The van der Waals surface area contributed by atoms with E-state index in [1.807, 2.05) is 32.2 Å². The number of nitrogens with zero attached hydrogens (tertiary/aromatic N) is 2. The van der Waals surface area contributed by atoms with Crippen LogP contribution in [0.3, 0.4) is 0 Å². The summed E-state index contributed by atoms with van der Waals surface area (Å²) in [5.41, 5.74) is 9.06. The fourth-order valence-electron chi connectivity index (χ4n) is 2.19. The second-order valence-electron chi connectivity index (χ2n) is 4.88. The molecule has 0 spiro atoms. The molecule has 0 aliphatic carbocycles. The molecule has 5 heteroatoms. The lowest BCUT2D eigenvalue weighted by Crippen LogP contribution is -2.05. The number of imidazole rings is 1. The normalized spacial score (nSPS) is 11.4. The van der Waals surface area contributed by atoms with Gasteiger partial charge in [-0.1, -0.05) is 0 Å². The standard InChI is InChI=1S/C15H17N3OS/c1-10(2)19-13-5-3-11(4-6-13)14-9-20-15-17-8-12(7-16)18(14)15/h3-6,8-10H,7,16H2,1-2H3. The molecule has 3 aromatic rings. The van der Waals surface area contributed by atoms with Gasteiger partial charge in [0, 0.05) is 11.9 Å². The maximum Gasteiger partial charge on any atom is 0.194 e. The second kappa shape index (κ2) is 5.26. The summed E-state index contributed by atoms with van der Waals surface area (Å²) in [7, 11) is 0. The van der Waals surface area contributed by atoms with Gasteiger partial charge in [0.2, 0.25) is 0 Å². The molecule has 0 atom stereocenters. The van der Waals surface area contributed by atoms with E-state index in [9.17, 15) is 0 Å². The van der Waals surface area contributed by atoms with Crippen LogP contribution in [0.15, 0.2) is 35.8 Å². The molecule has 0 amide bonds. The third-order valence-electron chi connectivity index (χ3n) is 3.05. The Bertz CT molecular complexity index is 712. The topological polar surface area (TPSA) is 52.5 Å². The SMILES string of the molecule is CC(C)Oc1ccc(-c2csc3ncc(CN)n23)cc1. The van der Waals surface area contributed by atoms with Crippen molar-refractivity contribution in [1.82, 2.24) is 9.38 Å². The third kappa shape index (κ3) is 2.30. The minimum absolute atomic E-state index is 0.186. The number of hydrogen-bond acceptors (Lipinski definition) is 4.